The van der Waals surface area contributed by atoms with E-state index in [1.54, 1.807) is 6.07 Å². The Hall–Kier alpha value is -2.14. The molecule has 0 aliphatic carbocycles. The van der Waals surface area contributed by atoms with E-state index in [-0.39, 0.29) is 5.91 Å². The number of hydrogen-bond acceptors (Lipinski definition) is 4. The summed E-state index contributed by atoms with van der Waals surface area (Å²) in [5.41, 5.74) is 6.22. The van der Waals surface area contributed by atoms with E-state index in [0.29, 0.717) is 31.3 Å². The lowest BCUT2D eigenvalue weighted by atomic mass is 10.1. The molecule has 1 aromatic carbocycles. The average molecular weight is 273 g/mol. The van der Waals surface area contributed by atoms with Gasteiger partial charge in [0.2, 0.25) is 0 Å². The number of nitrogens with zero attached hydrogens (tertiary/aromatic N) is 1. The molecule has 1 aromatic heterocycles. The van der Waals surface area contributed by atoms with Gasteiger partial charge in [0.1, 0.15) is 11.5 Å². The Labute approximate surface area is 118 Å². The fourth-order valence-electron chi connectivity index (χ4n) is 1.95. The number of nitrogens with one attached hydrogen (secondary N) is 1. The molecule has 5 nitrogen and oxygen atoms in total. The fraction of sp³-hybridized carbons (Fsp3) is 0.333. The van der Waals surface area contributed by atoms with Gasteiger partial charge in [-0.2, -0.15) is 0 Å². The topological polar surface area (TPSA) is 77.2 Å². The van der Waals surface area contributed by atoms with Crippen molar-refractivity contribution in [2.75, 3.05) is 25.5 Å². The van der Waals surface area contributed by atoms with E-state index in [2.05, 4.69) is 10.3 Å². The van der Waals surface area contributed by atoms with Crippen LogP contribution in [0.25, 0.3) is 10.8 Å². The molecule has 0 saturated carbocycles. The van der Waals surface area contributed by atoms with Crippen LogP contribution in [0.5, 0.6) is 0 Å². The van der Waals surface area contributed by atoms with Crippen LogP contribution in [0.1, 0.15) is 23.8 Å². The SMILES string of the molecule is CCOCCCNC(=O)c1cc2ccccc2c(N)n1. The maximum atomic E-state index is 12.0. The monoisotopic (exact) mass is 273 g/mol. The van der Waals surface area contributed by atoms with E-state index in [0.717, 1.165) is 17.2 Å². The van der Waals surface area contributed by atoms with Crippen molar-refractivity contribution in [3.63, 3.8) is 0 Å². The number of ether oxygens (including phenoxy) is 1. The molecule has 2 aromatic rings. The predicted octanol–water partition coefficient (Wildman–Crippen LogP) is 1.97. The van der Waals surface area contributed by atoms with E-state index in [1.807, 2.05) is 31.2 Å². The molecule has 2 rings (SSSR count). The molecule has 0 radical (unpaired) electrons. The molecule has 106 valence electrons. The summed E-state index contributed by atoms with van der Waals surface area (Å²) in [6.45, 7) is 3.84. The van der Waals surface area contributed by atoms with Crippen LogP contribution in [0, 0.1) is 0 Å². The highest BCUT2D eigenvalue weighted by Gasteiger charge is 2.09. The number of hydrogen-bond donors (Lipinski definition) is 2. The third-order valence-corrected chi connectivity index (χ3v) is 2.96. The van der Waals surface area contributed by atoms with Crippen LogP contribution in [0.15, 0.2) is 30.3 Å². The third kappa shape index (κ3) is 3.45. The van der Waals surface area contributed by atoms with Crippen molar-refractivity contribution < 1.29 is 9.53 Å². The van der Waals surface area contributed by atoms with Gasteiger partial charge in [-0.05, 0) is 24.8 Å². The second kappa shape index (κ2) is 6.86. The lowest BCUT2D eigenvalue weighted by Gasteiger charge is -2.07. The molecule has 0 saturated heterocycles. The molecular weight excluding hydrogens is 254 g/mol. The Morgan fingerprint density at radius 3 is 3.00 bits per heavy atom. The summed E-state index contributed by atoms with van der Waals surface area (Å²) in [5.74, 6) is 0.168. The molecule has 1 amide bonds. The minimum Gasteiger partial charge on any atom is -0.383 e. The molecular formula is C15H19N3O2. The number of carbonyl (C=O) groups is 1. The van der Waals surface area contributed by atoms with Gasteiger partial charge in [-0.1, -0.05) is 24.3 Å². The van der Waals surface area contributed by atoms with E-state index in [9.17, 15) is 4.79 Å². The molecule has 0 atom stereocenters. The van der Waals surface area contributed by atoms with Gasteiger partial charge in [-0.15, -0.1) is 0 Å². The first-order valence-electron chi connectivity index (χ1n) is 6.73. The number of amides is 1. The van der Waals surface area contributed by atoms with Crippen molar-refractivity contribution in [2.45, 2.75) is 13.3 Å². The zero-order chi connectivity index (χ0) is 14.4. The Morgan fingerprint density at radius 2 is 2.20 bits per heavy atom. The predicted molar refractivity (Wildman–Crippen MR) is 79.6 cm³/mol. The number of nitrogen functional groups attached to an aromatic ring is 1. The molecule has 0 unspecified atom stereocenters. The van der Waals surface area contributed by atoms with Gasteiger partial charge in [0.15, 0.2) is 0 Å². The summed E-state index contributed by atoms with van der Waals surface area (Å²) in [4.78, 5) is 16.2. The quantitative estimate of drug-likeness (QED) is 0.789. The van der Waals surface area contributed by atoms with E-state index < -0.39 is 0 Å². The van der Waals surface area contributed by atoms with Gasteiger partial charge in [0.05, 0.1) is 0 Å². The van der Waals surface area contributed by atoms with Crippen LogP contribution in [0.2, 0.25) is 0 Å². The van der Waals surface area contributed by atoms with Crippen molar-refractivity contribution >= 4 is 22.5 Å². The Morgan fingerprint density at radius 1 is 1.40 bits per heavy atom. The molecule has 0 aliphatic heterocycles. The van der Waals surface area contributed by atoms with Gasteiger partial charge >= 0.3 is 0 Å². The summed E-state index contributed by atoms with van der Waals surface area (Å²) >= 11 is 0. The highest BCUT2D eigenvalue weighted by molar-refractivity contribution is 5.99. The molecule has 1 heterocycles. The van der Waals surface area contributed by atoms with Crippen molar-refractivity contribution in [2.24, 2.45) is 0 Å². The van der Waals surface area contributed by atoms with Crippen molar-refractivity contribution in [3.05, 3.63) is 36.0 Å². The molecule has 3 N–H and O–H groups in total. The second-order valence-electron chi connectivity index (χ2n) is 4.42. The normalized spacial score (nSPS) is 10.7. The Kier molecular flexibility index (Phi) is 4.90. The number of nitrogens with two attached hydrogens (primary N) is 1. The van der Waals surface area contributed by atoms with Crippen LogP contribution in [-0.4, -0.2) is 30.6 Å². The summed E-state index contributed by atoms with van der Waals surface area (Å²) in [6, 6.07) is 9.36. The van der Waals surface area contributed by atoms with Crippen LogP contribution in [0.3, 0.4) is 0 Å². The lowest BCUT2D eigenvalue weighted by molar-refractivity contribution is 0.0939. The smallest absolute Gasteiger partial charge is 0.269 e. The zero-order valence-corrected chi connectivity index (χ0v) is 11.6. The highest BCUT2D eigenvalue weighted by Crippen LogP contribution is 2.19. The minimum absolute atomic E-state index is 0.209. The highest BCUT2D eigenvalue weighted by atomic mass is 16.5. The van der Waals surface area contributed by atoms with Crippen molar-refractivity contribution in [3.8, 4) is 0 Å². The van der Waals surface area contributed by atoms with Crippen LogP contribution >= 0.6 is 0 Å². The van der Waals surface area contributed by atoms with Gasteiger partial charge in [0, 0.05) is 25.1 Å². The minimum atomic E-state index is -0.209. The number of anilines is 1. The number of fused-ring (bicyclic) bond motifs is 1. The van der Waals surface area contributed by atoms with Gasteiger partial charge in [0.25, 0.3) is 5.91 Å². The number of aromatic nitrogens is 1. The second-order valence-corrected chi connectivity index (χ2v) is 4.42. The lowest BCUT2D eigenvalue weighted by Crippen LogP contribution is -2.26. The Balaban J connectivity index is 2.03. The van der Waals surface area contributed by atoms with E-state index >= 15 is 0 Å². The molecule has 0 aliphatic rings. The van der Waals surface area contributed by atoms with Crippen LogP contribution in [0.4, 0.5) is 5.82 Å². The van der Waals surface area contributed by atoms with Crippen LogP contribution in [-0.2, 0) is 4.74 Å². The molecule has 0 bridgehead atoms. The van der Waals surface area contributed by atoms with Crippen molar-refractivity contribution in [1.82, 2.24) is 10.3 Å². The van der Waals surface area contributed by atoms with E-state index in [1.165, 1.54) is 0 Å². The summed E-state index contributed by atoms with van der Waals surface area (Å²) < 4.78 is 5.21. The molecule has 0 fully saturated rings. The Bertz CT molecular complexity index is 599. The maximum Gasteiger partial charge on any atom is 0.269 e. The summed E-state index contributed by atoms with van der Waals surface area (Å²) in [7, 11) is 0. The molecule has 20 heavy (non-hydrogen) atoms. The number of benzene rings is 1. The zero-order valence-electron chi connectivity index (χ0n) is 11.6. The average Bonchev–Trinajstić information content (AvgIpc) is 2.47. The summed E-state index contributed by atoms with van der Waals surface area (Å²) in [5, 5.41) is 4.59. The molecule has 0 spiro atoms. The van der Waals surface area contributed by atoms with Crippen LogP contribution < -0.4 is 11.1 Å². The number of carbonyl (C=O) groups excluding carboxylic acids is 1. The molecule has 5 heteroatoms. The summed E-state index contributed by atoms with van der Waals surface area (Å²) in [6.07, 6.45) is 0.780. The van der Waals surface area contributed by atoms with Gasteiger partial charge in [-0.3, -0.25) is 4.79 Å². The third-order valence-electron chi connectivity index (χ3n) is 2.96. The van der Waals surface area contributed by atoms with Gasteiger partial charge in [-0.25, -0.2) is 4.98 Å². The first kappa shape index (κ1) is 14.3. The van der Waals surface area contributed by atoms with E-state index in [4.69, 9.17) is 10.5 Å². The fourth-order valence-corrected chi connectivity index (χ4v) is 1.95. The maximum absolute atomic E-state index is 12.0. The first-order valence-corrected chi connectivity index (χ1v) is 6.73. The number of pyridine rings is 1. The number of rotatable bonds is 6. The largest absolute Gasteiger partial charge is 0.383 e. The van der Waals surface area contributed by atoms with Crippen molar-refractivity contribution in [1.29, 1.82) is 0 Å². The first-order chi connectivity index (χ1) is 9.72. The standard InChI is InChI=1S/C15H19N3O2/c1-2-20-9-5-8-17-15(19)13-10-11-6-3-4-7-12(11)14(16)18-13/h3-4,6-7,10H,2,5,8-9H2,1H3,(H2,16,18)(H,17,19). The van der Waals surface area contributed by atoms with Gasteiger partial charge < -0.3 is 15.8 Å².